The third-order valence-electron chi connectivity index (χ3n) is 1.89. The van der Waals surface area contributed by atoms with Crippen LogP contribution in [0.2, 0.25) is 0 Å². The second kappa shape index (κ2) is 2.94. The Hall–Kier alpha value is -1.77. The summed E-state index contributed by atoms with van der Waals surface area (Å²) < 4.78 is 10.1. The van der Waals surface area contributed by atoms with Gasteiger partial charge in [-0.3, -0.25) is 0 Å². The normalized spacial score (nSPS) is 10.2. The molecule has 2 aromatic heterocycles. The van der Waals surface area contributed by atoms with E-state index in [4.69, 9.17) is 8.83 Å². The highest BCUT2D eigenvalue weighted by Gasteiger charge is 2.10. The van der Waals surface area contributed by atoms with E-state index in [9.17, 15) is 0 Å². The predicted octanol–water partition coefficient (Wildman–Crippen LogP) is 2.64. The summed E-state index contributed by atoms with van der Waals surface area (Å²) in [6.45, 7) is 5.79. The Labute approximate surface area is 75.7 Å². The minimum absolute atomic E-state index is 0.710. The average Bonchev–Trinajstić information content (AvgIpc) is 2.72. The van der Waals surface area contributed by atoms with Gasteiger partial charge in [-0.2, -0.15) is 0 Å². The molecule has 0 spiro atoms. The van der Waals surface area contributed by atoms with E-state index in [0.29, 0.717) is 5.76 Å². The van der Waals surface area contributed by atoms with Gasteiger partial charge in [0, 0.05) is 11.1 Å². The van der Waals surface area contributed by atoms with Crippen molar-refractivity contribution in [3.63, 3.8) is 0 Å². The lowest BCUT2D eigenvalue weighted by Crippen LogP contribution is -1.83. The van der Waals surface area contributed by atoms with E-state index in [-0.39, 0.29) is 0 Å². The molecular formula is C10H9NO2. The van der Waals surface area contributed by atoms with E-state index >= 15 is 0 Å². The first-order valence-corrected chi connectivity index (χ1v) is 3.91. The highest BCUT2D eigenvalue weighted by molar-refractivity contribution is 5.75. The molecule has 66 valence electrons. The van der Waals surface area contributed by atoms with Crippen LogP contribution in [0.25, 0.3) is 5.57 Å². The molecule has 0 aliphatic heterocycles. The van der Waals surface area contributed by atoms with Gasteiger partial charge in [0.05, 0.1) is 18.2 Å². The van der Waals surface area contributed by atoms with Crippen LogP contribution >= 0.6 is 0 Å². The predicted molar refractivity (Wildman–Crippen MR) is 48.1 cm³/mol. The Morgan fingerprint density at radius 1 is 1.54 bits per heavy atom. The van der Waals surface area contributed by atoms with Crippen LogP contribution in [0.1, 0.15) is 17.0 Å². The highest BCUT2D eigenvalue weighted by atomic mass is 16.3. The van der Waals surface area contributed by atoms with E-state index in [1.165, 1.54) is 6.39 Å². The van der Waals surface area contributed by atoms with Crippen molar-refractivity contribution in [2.24, 2.45) is 0 Å². The van der Waals surface area contributed by atoms with Crippen LogP contribution in [0.15, 0.2) is 40.4 Å². The molecule has 0 saturated carbocycles. The summed E-state index contributed by atoms with van der Waals surface area (Å²) in [5.74, 6) is 0.710. The third-order valence-corrected chi connectivity index (χ3v) is 1.89. The van der Waals surface area contributed by atoms with Crippen LogP contribution in [0, 0.1) is 6.92 Å². The van der Waals surface area contributed by atoms with Crippen molar-refractivity contribution in [2.75, 3.05) is 0 Å². The molecule has 2 rings (SSSR count). The summed E-state index contributed by atoms with van der Waals surface area (Å²) in [7, 11) is 0. The molecule has 0 bridgehead atoms. The number of aryl methyl sites for hydroxylation is 1. The SMILES string of the molecule is C=C(c1ccoc1)c1ocnc1C. The van der Waals surface area contributed by atoms with Crippen LogP contribution in [0.3, 0.4) is 0 Å². The van der Waals surface area contributed by atoms with Gasteiger partial charge in [-0.15, -0.1) is 0 Å². The van der Waals surface area contributed by atoms with Gasteiger partial charge < -0.3 is 8.83 Å². The maximum absolute atomic E-state index is 5.20. The number of aromatic nitrogens is 1. The van der Waals surface area contributed by atoms with Gasteiger partial charge in [0.15, 0.2) is 12.2 Å². The molecule has 13 heavy (non-hydrogen) atoms. The van der Waals surface area contributed by atoms with E-state index in [1.54, 1.807) is 12.5 Å². The fraction of sp³-hybridized carbons (Fsp3) is 0.100. The zero-order valence-corrected chi connectivity index (χ0v) is 7.28. The molecule has 2 aromatic rings. The van der Waals surface area contributed by atoms with E-state index < -0.39 is 0 Å². The molecule has 3 nitrogen and oxygen atoms in total. The fourth-order valence-electron chi connectivity index (χ4n) is 1.16. The van der Waals surface area contributed by atoms with E-state index in [2.05, 4.69) is 11.6 Å². The lowest BCUT2D eigenvalue weighted by Gasteiger charge is -1.97. The standard InChI is InChI=1S/C10H9NO2/c1-7(9-3-4-12-5-9)10-8(2)11-6-13-10/h3-6H,1H2,2H3. The van der Waals surface area contributed by atoms with Crippen molar-refractivity contribution in [3.05, 3.63) is 48.6 Å². The van der Waals surface area contributed by atoms with Crippen LogP contribution in [-0.2, 0) is 0 Å². The highest BCUT2D eigenvalue weighted by Crippen LogP contribution is 2.23. The van der Waals surface area contributed by atoms with Gasteiger partial charge >= 0.3 is 0 Å². The number of oxazole rings is 1. The number of furan rings is 1. The van der Waals surface area contributed by atoms with Gasteiger partial charge in [0.25, 0.3) is 0 Å². The van der Waals surface area contributed by atoms with Gasteiger partial charge in [-0.05, 0) is 13.0 Å². The Morgan fingerprint density at radius 2 is 2.38 bits per heavy atom. The molecule has 0 saturated heterocycles. The number of hydrogen-bond acceptors (Lipinski definition) is 3. The zero-order chi connectivity index (χ0) is 9.26. The summed E-state index contributed by atoms with van der Waals surface area (Å²) in [4.78, 5) is 3.99. The van der Waals surface area contributed by atoms with E-state index in [1.807, 2.05) is 13.0 Å². The second-order valence-corrected chi connectivity index (χ2v) is 2.76. The smallest absolute Gasteiger partial charge is 0.181 e. The Balaban J connectivity index is 2.39. The largest absolute Gasteiger partial charge is 0.472 e. The molecular weight excluding hydrogens is 166 g/mol. The summed E-state index contributed by atoms with van der Waals surface area (Å²) >= 11 is 0. The van der Waals surface area contributed by atoms with Gasteiger partial charge in [-0.1, -0.05) is 6.58 Å². The first-order valence-electron chi connectivity index (χ1n) is 3.91. The third kappa shape index (κ3) is 1.28. The molecule has 0 aromatic carbocycles. The summed E-state index contributed by atoms with van der Waals surface area (Å²) in [6.07, 6.45) is 4.65. The summed E-state index contributed by atoms with van der Waals surface area (Å²) in [5.41, 5.74) is 2.55. The molecule has 0 aliphatic carbocycles. The number of rotatable bonds is 2. The van der Waals surface area contributed by atoms with Crippen molar-refractivity contribution in [3.8, 4) is 0 Å². The van der Waals surface area contributed by atoms with Gasteiger partial charge in [-0.25, -0.2) is 4.98 Å². The van der Waals surface area contributed by atoms with E-state index in [0.717, 1.165) is 16.8 Å². The number of nitrogens with zero attached hydrogens (tertiary/aromatic N) is 1. The lowest BCUT2D eigenvalue weighted by atomic mass is 10.1. The fourth-order valence-corrected chi connectivity index (χ4v) is 1.16. The molecule has 0 N–H and O–H groups in total. The van der Waals surface area contributed by atoms with Crippen LogP contribution in [0.4, 0.5) is 0 Å². The minimum Gasteiger partial charge on any atom is -0.472 e. The molecule has 0 amide bonds. The monoisotopic (exact) mass is 175 g/mol. The van der Waals surface area contributed by atoms with Crippen LogP contribution in [0.5, 0.6) is 0 Å². The molecule has 0 aliphatic rings. The van der Waals surface area contributed by atoms with Gasteiger partial charge in [0.2, 0.25) is 0 Å². The Morgan fingerprint density at radius 3 is 2.92 bits per heavy atom. The Bertz CT molecular complexity index is 412. The molecule has 2 heterocycles. The van der Waals surface area contributed by atoms with Crippen molar-refractivity contribution in [1.29, 1.82) is 0 Å². The zero-order valence-electron chi connectivity index (χ0n) is 7.28. The topological polar surface area (TPSA) is 39.2 Å². The first-order chi connectivity index (χ1) is 6.29. The number of hydrogen-bond donors (Lipinski definition) is 0. The summed E-state index contributed by atoms with van der Waals surface area (Å²) in [6, 6.07) is 1.84. The molecule has 0 radical (unpaired) electrons. The maximum Gasteiger partial charge on any atom is 0.181 e. The second-order valence-electron chi connectivity index (χ2n) is 2.76. The summed E-state index contributed by atoms with van der Waals surface area (Å²) in [5, 5.41) is 0. The molecule has 0 atom stereocenters. The maximum atomic E-state index is 5.20. The molecule has 0 fully saturated rings. The minimum atomic E-state index is 0.710. The van der Waals surface area contributed by atoms with Crippen molar-refractivity contribution < 1.29 is 8.83 Å². The Kier molecular flexibility index (Phi) is 1.77. The lowest BCUT2D eigenvalue weighted by molar-refractivity contribution is 0.543. The van der Waals surface area contributed by atoms with Gasteiger partial charge in [0.1, 0.15) is 0 Å². The molecule has 0 unspecified atom stereocenters. The van der Waals surface area contributed by atoms with Crippen molar-refractivity contribution in [2.45, 2.75) is 6.92 Å². The van der Waals surface area contributed by atoms with Crippen molar-refractivity contribution in [1.82, 2.24) is 4.98 Å². The average molecular weight is 175 g/mol. The quantitative estimate of drug-likeness (QED) is 0.704. The van der Waals surface area contributed by atoms with Crippen LogP contribution in [-0.4, -0.2) is 4.98 Å². The molecule has 3 heteroatoms. The first kappa shape index (κ1) is 7.86. The van der Waals surface area contributed by atoms with Crippen LogP contribution < -0.4 is 0 Å². The van der Waals surface area contributed by atoms with Crippen molar-refractivity contribution >= 4 is 5.57 Å².